The third kappa shape index (κ3) is 4.26. The molecule has 28 heavy (non-hydrogen) atoms. The van der Waals surface area contributed by atoms with Gasteiger partial charge in [0.15, 0.2) is 0 Å². The van der Waals surface area contributed by atoms with Gasteiger partial charge in [-0.2, -0.15) is 0 Å². The third-order valence-corrected chi connectivity index (χ3v) is 6.22. The van der Waals surface area contributed by atoms with E-state index in [9.17, 15) is 9.59 Å². The maximum absolute atomic E-state index is 13.2. The SMILES string of the molecule is COc1ccc(CN2C(=O)CC[C@@]2(C)C(=O)NC2CCCCCC2)c(OC)c1. The molecule has 0 spiro atoms. The summed E-state index contributed by atoms with van der Waals surface area (Å²) < 4.78 is 10.7. The first-order valence-corrected chi connectivity index (χ1v) is 10.3. The van der Waals surface area contributed by atoms with E-state index in [1.165, 1.54) is 12.8 Å². The molecule has 1 aliphatic carbocycles. The van der Waals surface area contributed by atoms with Crippen LogP contribution in [0.3, 0.4) is 0 Å². The van der Waals surface area contributed by atoms with Gasteiger partial charge in [0.2, 0.25) is 11.8 Å². The molecule has 0 radical (unpaired) electrons. The molecule has 1 aromatic carbocycles. The van der Waals surface area contributed by atoms with Gasteiger partial charge in [0.1, 0.15) is 17.0 Å². The zero-order chi connectivity index (χ0) is 20.1. The van der Waals surface area contributed by atoms with Crippen molar-refractivity contribution in [1.29, 1.82) is 0 Å². The molecular formula is C22H32N2O4. The molecule has 2 fully saturated rings. The van der Waals surface area contributed by atoms with Crippen molar-refractivity contribution in [3.8, 4) is 11.5 Å². The van der Waals surface area contributed by atoms with Crippen molar-refractivity contribution >= 4 is 11.8 Å². The van der Waals surface area contributed by atoms with Crippen LogP contribution in [0.1, 0.15) is 63.9 Å². The molecule has 3 rings (SSSR count). The lowest BCUT2D eigenvalue weighted by atomic mass is 9.95. The molecule has 2 amide bonds. The number of methoxy groups -OCH3 is 2. The van der Waals surface area contributed by atoms with Gasteiger partial charge < -0.3 is 19.7 Å². The van der Waals surface area contributed by atoms with Crippen LogP contribution in [0, 0.1) is 0 Å². The van der Waals surface area contributed by atoms with Gasteiger partial charge in [-0.1, -0.05) is 25.7 Å². The average molecular weight is 389 g/mol. The topological polar surface area (TPSA) is 67.9 Å². The Hall–Kier alpha value is -2.24. The van der Waals surface area contributed by atoms with Crippen molar-refractivity contribution in [2.75, 3.05) is 14.2 Å². The first kappa shape index (κ1) is 20.5. The molecule has 2 aliphatic rings. The van der Waals surface area contributed by atoms with E-state index in [0.29, 0.717) is 30.9 Å². The van der Waals surface area contributed by atoms with Crippen molar-refractivity contribution in [1.82, 2.24) is 10.2 Å². The quantitative estimate of drug-likeness (QED) is 0.758. The van der Waals surface area contributed by atoms with Crippen LogP contribution in [-0.4, -0.2) is 42.5 Å². The van der Waals surface area contributed by atoms with E-state index < -0.39 is 5.54 Å². The Bertz CT molecular complexity index is 712. The Morgan fingerprint density at radius 3 is 2.54 bits per heavy atom. The number of carbonyl (C=O) groups excluding carboxylic acids is 2. The van der Waals surface area contributed by atoms with Crippen LogP contribution in [0.4, 0.5) is 0 Å². The molecule has 154 valence electrons. The van der Waals surface area contributed by atoms with E-state index in [0.717, 1.165) is 31.2 Å². The van der Waals surface area contributed by atoms with E-state index in [1.54, 1.807) is 25.2 Å². The number of hydrogen-bond donors (Lipinski definition) is 1. The average Bonchev–Trinajstić information content (AvgIpc) is 2.88. The number of ether oxygens (including phenoxy) is 2. The minimum absolute atomic E-state index is 0.0105. The van der Waals surface area contributed by atoms with Crippen LogP contribution in [0.2, 0.25) is 0 Å². The summed E-state index contributed by atoms with van der Waals surface area (Å²) in [6.45, 7) is 2.24. The van der Waals surface area contributed by atoms with Gasteiger partial charge >= 0.3 is 0 Å². The molecule has 0 unspecified atom stereocenters. The minimum atomic E-state index is -0.825. The summed E-state index contributed by atoms with van der Waals surface area (Å²) in [6, 6.07) is 5.77. The molecule has 1 N–H and O–H groups in total. The number of amides is 2. The summed E-state index contributed by atoms with van der Waals surface area (Å²) in [5.74, 6) is 1.34. The fourth-order valence-electron chi connectivity index (χ4n) is 4.31. The molecule has 0 bridgehead atoms. The minimum Gasteiger partial charge on any atom is -0.497 e. The van der Waals surface area contributed by atoms with Crippen molar-refractivity contribution in [3.05, 3.63) is 23.8 Å². The lowest BCUT2D eigenvalue weighted by Crippen LogP contribution is -2.56. The standard InChI is InChI=1S/C22H32N2O4/c1-22(21(26)23-17-8-6-4-5-7-9-17)13-12-20(25)24(22)15-16-10-11-18(27-2)14-19(16)28-3/h10-11,14,17H,4-9,12-13,15H2,1-3H3,(H,23,26)/t22-/m0/s1. The number of carbonyl (C=O) groups is 2. The Labute approximate surface area is 167 Å². The molecule has 1 aromatic rings. The summed E-state index contributed by atoms with van der Waals surface area (Å²) in [6.07, 6.45) is 7.80. The molecule has 0 aromatic heterocycles. The monoisotopic (exact) mass is 388 g/mol. The van der Waals surface area contributed by atoms with E-state index in [-0.39, 0.29) is 17.9 Å². The molecule has 6 heteroatoms. The number of likely N-dealkylation sites (tertiary alicyclic amines) is 1. The van der Waals surface area contributed by atoms with Crippen molar-refractivity contribution in [2.45, 2.75) is 76.4 Å². The van der Waals surface area contributed by atoms with Crippen LogP contribution < -0.4 is 14.8 Å². The fraction of sp³-hybridized carbons (Fsp3) is 0.636. The highest BCUT2D eigenvalue weighted by atomic mass is 16.5. The highest BCUT2D eigenvalue weighted by molar-refractivity contribution is 5.94. The maximum atomic E-state index is 13.2. The predicted octanol–water partition coefficient (Wildman–Crippen LogP) is 3.42. The molecule has 1 atom stereocenters. The van der Waals surface area contributed by atoms with Gasteiger partial charge in [0.25, 0.3) is 0 Å². The van der Waals surface area contributed by atoms with Crippen LogP contribution >= 0.6 is 0 Å². The Balaban J connectivity index is 1.77. The Morgan fingerprint density at radius 1 is 1.18 bits per heavy atom. The third-order valence-electron chi connectivity index (χ3n) is 6.22. The van der Waals surface area contributed by atoms with Gasteiger partial charge in [-0.25, -0.2) is 0 Å². The molecule has 1 saturated heterocycles. The number of hydrogen-bond acceptors (Lipinski definition) is 4. The van der Waals surface area contributed by atoms with Crippen molar-refractivity contribution < 1.29 is 19.1 Å². The van der Waals surface area contributed by atoms with Gasteiger partial charge in [-0.15, -0.1) is 0 Å². The molecule has 6 nitrogen and oxygen atoms in total. The molecular weight excluding hydrogens is 356 g/mol. The smallest absolute Gasteiger partial charge is 0.245 e. The van der Waals surface area contributed by atoms with E-state index >= 15 is 0 Å². The lowest BCUT2D eigenvalue weighted by molar-refractivity contribution is -0.141. The Kier molecular flexibility index (Phi) is 6.47. The van der Waals surface area contributed by atoms with E-state index in [4.69, 9.17) is 9.47 Å². The number of benzene rings is 1. The zero-order valence-electron chi connectivity index (χ0n) is 17.3. The Morgan fingerprint density at radius 2 is 1.89 bits per heavy atom. The van der Waals surface area contributed by atoms with Gasteiger partial charge in [-0.3, -0.25) is 9.59 Å². The van der Waals surface area contributed by atoms with Crippen molar-refractivity contribution in [2.24, 2.45) is 0 Å². The van der Waals surface area contributed by atoms with Crippen LogP contribution in [0.25, 0.3) is 0 Å². The summed E-state index contributed by atoms with van der Waals surface area (Å²) in [4.78, 5) is 27.6. The number of nitrogens with zero attached hydrogens (tertiary/aromatic N) is 1. The normalized spacial score (nSPS) is 23.4. The summed E-state index contributed by atoms with van der Waals surface area (Å²) >= 11 is 0. The second-order valence-corrected chi connectivity index (χ2v) is 8.09. The fourth-order valence-corrected chi connectivity index (χ4v) is 4.31. The second kappa shape index (κ2) is 8.84. The number of nitrogens with one attached hydrogen (secondary N) is 1. The zero-order valence-corrected chi connectivity index (χ0v) is 17.3. The lowest BCUT2D eigenvalue weighted by Gasteiger charge is -2.35. The van der Waals surface area contributed by atoms with E-state index in [1.807, 2.05) is 19.1 Å². The molecule has 1 aliphatic heterocycles. The number of rotatable bonds is 6. The predicted molar refractivity (Wildman–Crippen MR) is 107 cm³/mol. The van der Waals surface area contributed by atoms with Gasteiger partial charge in [0.05, 0.1) is 20.8 Å². The van der Waals surface area contributed by atoms with Gasteiger partial charge in [-0.05, 0) is 38.3 Å². The first-order chi connectivity index (χ1) is 13.5. The second-order valence-electron chi connectivity index (χ2n) is 8.09. The van der Waals surface area contributed by atoms with Gasteiger partial charge in [0, 0.05) is 24.1 Å². The first-order valence-electron chi connectivity index (χ1n) is 10.3. The van der Waals surface area contributed by atoms with Crippen molar-refractivity contribution in [3.63, 3.8) is 0 Å². The summed E-state index contributed by atoms with van der Waals surface area (Å²) in [5.41, 5.74) is 0.0426. The molecule has 1 saturated carbocycles. The largest absolute Gasteiger partial charge is 0.497 e. The maximum Gasteiger partial charge on any atom is 0.245 e. The van der Waals surface area contributed by atoms with Crippen LogP contribution in [0.15, 0.2) is 18.2 Å². The highest BCUT2D eigenvalue weighted by Gasteiger charge is 2.47. The van der Waals surface area contributed by atoms with Crippen LogP contribution in [0.5, 0.6) is 11.5 Å². The summed E-state index contributed by atoms with van der Waals surface area (Å²) in [7, 11) is 3.20. The molecule has 1 heterocycles. The van der Waals surface area contributed by atoms with E-state index in [2.05, 4.69) is 5.32 Å². The van der Waals surface area contributed by atoms with Crippen LogP contribution in [-0.2, 0) is 16.1 Å². The highest BCUT2D eigenvalue weighted by Crippen LogP contribution is 2.35. The summed E-state index contributed by atoms with van der Waals surface area (Å²) in [5, 5.41) is 3.24.